The summed E-state index contributed by atoms with van der Waals surface area (Å²) in [6.07, 6.45) is 0. The minimum atomic E-state index is -1.26. The Morgan fingerprint density at radius 3 is 2.70 bits per heavy atom. The van der Waals surface area contributed by atoms with Gasteiger partial charge in [0.1, 0.15) is 17.1 Å². The van der Waals surface area contributed by atoms with E-state index < -0.39 is 5.60 Å². The van der Waals surface area contributed by atoms with Crippen LogP contribution in [0.25, 0.3) is 10.9 Å². The van der Waals surface area contributed by atoms with Crippen LogP contribution in [-0.2, 0) is 5.60 Å². The molecule has 3 rings (SSSR count). The molecule has 1 unspecified atom stereocenters. The fourth-order valence-electron chi connectivity index (χ4n) is 2.72. The third kappa shape index (κ3) is 2.87. The van der Waals surface area contributed by atoms with Crippen molar-refractivity contribution in [1.82, 2.24) is 10.3 Å². The van der Waals surface area contributed by atoms with Crippen LogP contribution < -0.4 is 5.32 Å². The number of fused-ring (bicyclic) bond motifs is 1. The van der Waals surface area contributed by atoms with Crippen LogP contribution in [0.1, 0.15) is 34.5 Å². The van der Waals surface area contributed by atoms with Crippen LogP contribution in [0.2, 0.25) is 0 Å². The Bertz CT molecular complexity index is 858. The van der Waals surface area contributed by atoms with Crippen LogP contribution in [0.15, 0.2) is 40.8 Å². The van der Waals surface area contributed by atoms with E-state index in [2.05, 4.69) is 10.3 Å². The summed E-state index contributed by atoms with van der Waals surface area (Å²) in [5.41, 5.74) is 1.07. The SMILES string of the molecule is Cc1ccc(C(C)(O)CNC(=O)c2c(C)[nH]c3ccccc23)o1. The molecule has 23 heavy (non-hydrogen) atoms. The molecular weight excluding hydrogens is 292 g/mol. The fraction of sp³-hybridized carbons (Fsp3) is 0.278. The Hall–Kier alpha value is -2.53. The average molecular weight is 312 g/mol. The maximum atomic E-state index is 12.6. The second-order valence-electron chi connectivity index (χ2n) is 6.04. The topological polar surface area (TPSA) is 78.3 Å². The second-order valence-corrected chi connectivity index (χ2v) is 6.04. The summed E-state index contributed by atoms with van der Waals surface area (Å²) in [6, 6.07) is 11.2. The van der Waals surface area contributed by atoms with Gasteiger partial charge in [-0.15, -0.1) is 0 Å². The molecule has 0 aliphatic rings. The lowest BCUT2D eigenvalue weighted by Gasteiger charge is -2.21. The lowest BCUT2D eigenvalue weighted by atomic mass is 10.0. The van der Waals surface area contributed by atoms with Crippen LogP contribution in [0, 0.1) is 13.8 Å². The maximum Gasteiger partial charge on any atom is 0.253 e. The van der Waals surface area contributed by atoms with Crippen molar-refractivity contribution in [1.29, 1.82) is 0 Å². The molecule has 1 atom stereocenters. The van der Waals surface area contributed by atoms with Crippen molar-refractivity contribution >= 4 is 16.8 Å². The van der Waals surface area contributed by atoms with Crippen LogP contribution >= 0.6 is 0 Å². The summed E-state index contributed by atoms with van der Waals surface area (Å²) in [5, 5.41) is 14.2. The van der Waals surface area contributed by atoms with E-state index in [-0.39, 0.29) is 12.5 Å². The van der Waals surface area contributed by atoms with E-state index >= 15 is 0 Å². The average Bonchev–Trinajstić information content (AvgIpc) is 3.08. The molecule has 2 heterocycles. The van der Waals surface area contributed by atoms with E-state index in [1.165, 1.54) is 0 Å². The smallest absolute Gasteiger partial charge is 0.253 e. The quantitative estimate of drug-likeness (QED) is 0.693. The molecule has 0 saturated heterocycles. The molecule has 0 radical (unpaired) electrons. The first-order valence-electron chi connectivity index (χ1n) is 7.53. The van der Waals surface area contributed by atoms with Crippen molar-refractivity contribution < 1.29 is 14.3 Å². The predicted octanol–water partition coefficient (Wildman–Crippen LogP) is 3.02. The molecular formula is C18H20N2O3. The lowest BCUT2D eigenvalue weighted by Crippen LogP contribution is -2.38. The molecule has 0 bridgehead atoms. The lowest BCUT2D eigenvalue weighted by molar-refractivity contribution is 0.0323. The molecule has 5 heteroatoms. The summed E-state index contributed by atoms with van der Waals surface area (Å²) in [7, 11) is 0. The summed E-state index contributed by atoms with van der Waals surface area (Å²) < 4.78 is 5.46. The molecule has 0 saturated carbocycles. The number of carbonyl (C=O) groups excluding carboxylic acids is 1. The number of H-pyrrole nitrogens is 1. The molecule has 3 N–H and O–H groups in total. The van der Waals surface area contributed by atoms with E-state index in [0.717, 1.165) is 22.4 Å². The highest BCUT2D eigenvalue weighted by Crippen LogP contribution is 2.24. The Labute approximate surface area is 134 Å². The van der Waals surface area contributed by atoms with Crippen molar-refractivity contribution in [3.05, 3.63) is 59.2 Å². The third-order valence-electron chi connectivity index (χ3n) is 3.98. The van der Waals surface area contributed by atoms with Gasteiger partial charge in [0, 0.05) is 16.6 Å². The number of aromatic nitrogens is 1. The third-order valence-corrected chi connectivity index (χ3v) is 3.98. The maximum absolute atomic E-state index is 12.6. The molecule has 2 aromatic heterocycles. The molecule has 5 nitrogen and oxygen atoms in total. The standard InChI is InChI=1S/C18H20N2O3/c1-11-8-9-15(23-11)18(3,22)10-19-17(21)16-12(2)20-14-7-5-4-6-13(14)16/h4-9,20,22H,10H2,1-3H3,(H,19,21). The van der Waals surface area contributed by atoms with Crippen LogP contribution in [0.3, 0.4) is 0 Å². The van der Waals surface area contributed by atoms with E-state index in [9.17, 15) is 9.90 Å². The largest absolute Gasteiger partial charge is 0.463 e. The van der Waals surface area contributed by atoms with Gasteiger partial charge in [-0.2, -0.15) is 0 Å². The normalized spacial score (nSPS) is 13.9. The van der Waals surface area contributed by atoms with Gasteiger partial charge in [0.25, 0.3) is 5.91 Å². The molecule has 0 aliphatic carbocycles. The van der Waals surface area contributed by atoms with Crippen molar-refractivity contribution in [3.8, 4) is 0 Å². The number of para-hydroxylation sites is 1. The van der Waals surface area contributed by atoms with Gasteiger partial charge < -0.3 is 19.8 Å². The van der Waals surface area contributed by atoms with Crippen molar-refractivity contribution in [2.24, 2.45) is 0 Å². The van der Waals surface area contributed by atoms with E-state index in [0.29, 0.717) is 11.3 Å². The van der Waals surface area contributed by atoms with E-state index in [4.69, 9.17) is 4.42 Å². The first kappa shape index (κ1) is 15.4. The summed E-state index contributed by atoms with van der Waals surface area (Å²) in [4.78, 5) is 15.7. The van der Waals surface area contributed by atoms with Gasteiger partial charge in [-0.3, -0.25) is 4.79 Å². The molecule has 120 valence electrons. The molecule has 1 aromatic carbocycles. The van der Waals surface area contributed by atoms with Crippen molar-refractivity contribution in [2.75, 3.05) is 6.54 Å². The number of furan rings is 1. The molecule has 0 spiro atoms. The zero-order chi connectivity index (χ0) is 16.6. The number of aromatic amines is 1. The van der Waals surface area contributed by atoms with Gasteiger partial charge in [0.05, 0.1) is 12.1 Å². The predicted molar refractivity (Wildman–Crippen MR) is 88.4 cm³/mol. The molecule has 0 fully saturated rings. The zero-order valence-corrected chi connectivity index (χ0v) is 13.4. The minimum absolute atomic E-state index is 0.0672. The highest BCUT2D eigenvalue weighted by atomic mass is 16.4. The van der Waals surface area contributed by atoms with Crippen LogP contribution in [-0.4, -0.2) is 22.5 Å². The van der Waals surface area contributed by atoms with Gasteiger partial charge >= 0.3 is 0 Å². The number of amides is 1. The number of rotatable bonds is 4. The number of carbonyl (C=O) groups is 1. The van der Waals surface area contributed by atoms with Gasteiger partial charge in [-0.05, 0) is 39.0 Å². The fourth-order valence-corrected chi connectivity index (χ4v) is 2.72. The highest BCUT2D eigenvalue weighted by Gasteiger charge is 2.28. The first-order chi connectivity index (χ1) is 10.9. The molecule has 3 aromatic rings. The van der Waals surface area contributed by atoms with Crippen LogP contribution in [0.5, 0.6) is 0 Å². The Balaban J connectivity index is 1.80. The minimum Gasteiger partial charge on any atom is -0.463 e. The van der Waals surface area contributed by atoms with Gasteiger partial charge in [-0.1, -0.05) is 18.2 Å². The highest BCUT2D eigenvalue weighted by molar-refractivity contribution is 6.08. The van der Waals surface area contributed by atoms with Crippen LogP contribution in [0.4, 0.5) is 0 Å². The summed E-state index contributed by atoms with van der Waals surface area (Å²) in [5.74, 6) is 0.938. The van der Waals surface area contributed by atoms with E-state index in [1.54, 1.807) is 19.1 Å². The van der Waals surface area contributed by atoms with Gasteiger partial charge in [-0.25, -0.2) is 0 Å². The van der Waals surface area contributed by atoms with E-state index in [1.807, 2.05) is 38.1 Å². The first-order valence-corrected chi connectivity index (χ1v) is 7.53. The van der Waals surface area contributed by atoms with Gasteiger partial charge in [0.15, 0.2) is 0 Å². The Morgan fingerprint density at radius 1 is 1.26 bits per heavy atom. The number of aliphatic hydroxyl groups is 1. The van der Waals surface area contributed by atoms with Gasteiger partial charge in [0.2, 0.25) is 0 Å². The summed E-state index contributed by atoms with van der Waals surface area (Å²) >= 11 is 0. The summed E-state index contributed by atoms with van der Waals surface area (Å²) in [6.45, 7) is 5.36. The Kier molecular flexibility index (Phi) is 3.74. The van der Waals surface area contributed by atoms with Crippen molar-refractivity contribution in [3.63, 3.8) is 0 Å². The monoisotopic (exact) mass is 312 g/mol. The number of aryl methyl sites for hydroxylation is 2. The van der Waals surface area contributed by atoms with Crippen molar-refractivity contribution in [2.45, 2.75) is 26.4 Å². The Morgan fingerprint density at radius 2 is 2.00 bits per heavy atom. The number of benzene rings is 1. The number of nitrogens with one attached hydrogen (secondary N) is 2. The molecule has 1 amide bonds. The second kappa shape index (κ2) is 5.59. The molecule has 0 aliphatic heterocycles. The zero-order valence-electron chi connectivity index (χ0n) is 13.4. The number of hydrogen-bond acceptors (Lipinski definition) is 3. The number of hydrogen-bond donors (Lipinski definition) is 3.